The van der Waals surface area contributed by atoms with Gasteiger partial charge in [-0.15, -0.1) is 0 Å². The molecule has 180 valence electrons. The van der Waals surface area contributed by atoms with Crippen molar-refractivity contribution < 1.29 is 14.7 Å². The number of hydrogen-bond donors (Lipinski definition) is 3. The molecule has 0 aromatic heterocycles. The van der Waals surface area contributed by atoms with Crippen LogP contribution in [0.5, 0.6) is 0 Å². The van der Waals surface area contributed by atoms with E-state index in [1.165, 1.54) is 0 Å². The van der Waals surface area contributed by atoms with Crippen molar-refractivity contribution in [2.45, 2.75) is 52.1 Å². The second kappa shape index (κ2) is 12.9. The normalized spacial score (nSPS) is 16.0. The molecule has 3 rings (SSSR count). The molecule has 0 fully saturated rings. The Morgan fingerprint density at radius 1 is 1.26 bits per heavy atom. The summed E-state index contributed by atoms with van der Waals surface area (Å²) in [6.45, 7) is 4.79. The van der Waals surface area contributed by atoms with Gasteiger partial charge in [0, 0.05) is 42.4 Å². The van der Waals surface area contributed by atoms with Crippen LogP contribution in [0.15, 0.2) is 51.5 Å². The van der Waals surface area contributed by atoms with Crippen molar-refractivity contribution in [3.8, 4) is 0 Å². The number of aryl methyl sites for hydroxylation is 1. The number of nitrogens with one attached hydrogen (secondary N) is 2. The van der Waals surface area contributed by atoms with Gasteiger partial charge in [0.15, 0.2) is 0 Å². The van der Waals surface area contributed by atoms with E-state index in [9.17, 15) is 4.79 Å². The highest BCUT2D eigenvalue weighted by Gasteiger charge is 2.18. The second-order valence-electron chi connectivity index (χ2n) is 7.93. The molecular formula is C25H30ClN5O3. The summed E-state index contributed by atoms with van der Waals surface area (Å²) in [4.78, 5) is 25.3. The van der Waals surface area contributed by atoms with E-state index in [2.05, 4.69) is 26.0 Å². The Morgan fingerprint density at radius 3 is 2.91 bits per heavy atom. The molecule has 0 radical (unpaired) electrons. The highest BCUT2D eigenvalue weighted by molar-refractivity contribution is 6.31. The first-order valence-corrected chi connectivity index (χ1v) is 11.7. The number of aliphatic imine (C=N–C) groups is 2. The average Bonchev–Trinajstić information content (AvgIpc) is 2.82. The fourth-order valence-corrected chi connectivity index (χ4v) is 3.58. The molecule has 3 N–H and O–H groups in total. The summed E-state index contributed by atoms with van der Waals surface area (Å²) in [5.74, 6) is -0.763. The molecular weight excluding hydrogens is 454 g/mol. The van der Waals surface area contributed by atoms with Crippen LogP contribution >= 0.6 is 11.6 Å². The van der Waals surface area contributed by atoms with Gasteiger partial charge < -0.3 is 10.4 Å². The van der Waals surface area contributed by atoms with Crippen LogP contribution in [0.4, 0.5) is 17.1 Å². The number of carboxylic acid groups (broad SMARTS) is 1. The highest BCUT2D eigenvalue weighted by Crippen LogP contribution is 2.28. The number of benzene rings is 2. The van der Waals surface area contributed by atoms with Crippen molar-refractivity contribution in [2.24, 2.45) is 15.1 Å². The van der Waals surface area contributed by atoms with Crippen LogP contribution in [0.1, 0.15) is 50.2 Å². The molecule has 0 saturated carbocycles. The molecule has 0 aliphatic carbocycles. The lowest BCUT2D eigenvalue weighted by molar-refractivity contribution is -0.137. The number of aliphatic carboxylic acids is 1. The van der Waals surface area contributed by atoms with Gasteiger partial charge in [-0.05, 0) is 62.9 Å². The van der Waals surface area contributed by atoms with Gasteiger partial charge in [0.05, 0.1) is 22.8 Å². The lowest BCUT2D eigenvalue weighted by Crippen LogP contribution is -2.31. The van der Waals surface area contributed by atoms with Gasteiger partial charge in [-0.25, -0.2) is 4.84 Å². The minimum absolute atomic E-state index is 0.191. The molecule has 1 atom stereocenters. The number of nitrogens with zero attached hydrogens (tertiary/aromatic N) is 3. The summed E-state index contributed by atoms with van der Waals surface area (Å²) < 4.78 is 0. The second-order valence-corrected chi connectivity index (χ2v) is 8.37. The van der Waals surface area contributed by atoms with E-state index in [1.807, 2.05) is 56.5 Å². The van der Waals surface area contributed by atoms with E-state index in [1.54, 1.807) is 6.21 Å². The molecule has 1 aliphatic heterocycles. The van der Waals surface area contributed by atoms with Crippen molar-refractivity contribution >= 4 is 52.8 Å². The SMILES string of the molecule is CCNc1cc(Cl)ccc1/N=C/C1CC(c2ccc(C)c(/N=C/CCCCC(=O)O)c2)=NNO1. The predicted molar refractivity (Wildman–Crippen MR) is 138 cm³/mol. The smallest absolute Gasteiger partial charge is 0.303 e. The minimum Gasteiger partial charge on any atom is -0.481 e. The van der Waals surface area contributed by atoms with Gasteiger partial charge in [0.2, 0.25) is 0 Å². The van der Waals surface area contributed by atoms with Crippen LogP contribution in [-0.2, 0) is 9.63 Å². The molecule has 1 heterocycles. The topological polar surface area (TPSA) is 108 Å². The Hall–Kier alpha value is -3.23. The van der Waals surface area contributed by atoms with Crippen molar-refractivity contribution in [2.75, 3.05) is 11.9 Å². The number of hydrogen-bond acceptors (Lipinski definition) is 7. The maximum atomic E-state index is 10.6. The Morgan fingerprint density at radius 2 is 2.12 bits per heavy atom. The maximum Gasteiger partial charge on any atom is 0.303 e. The summed E-state index contributed by atoms with van der Waals surface area (Å²) in [5, 5.41) is 17.0. The molecule has 0 saturated heterocycles. The first-order valence-electron chi connectivity index (χ1n) is 11.4. The van der Waals surface area contributed by atoms with Gasteiger partial charge in [-0.2, -0.15) is 10.7 Å². The van der Waals surface area contributed by atoms with Crippen molar-refractivity contribution in [1.29, 1.82) is 0 Å². The van der Waals surface area contributed by atoms with Crippen molar-refractivity contribution in [1.82, 2.24) is 5.59 Å². The van der Waals surface area contributed by atoms with Gasteiger partial charge in [0.25, 0.3) is 0 Å². The zero-order chi connectivity index (χ0) is 24.3. The number of rotatable bonds is 11. The Kier molecular flexibility index (Phi) is 9.61. The van der Waals surface area contributed by atoms with E-state index < -0.39 is 5.97 Å². The van der Waals surface area contributed by atoms with Crippen LogP contribution in [0, 0.1) is 6.92 Å². The van der Waals surface area contributed by atoms with Gasteiger partial charge in [-0.3, -0.25) is 14.8 Å². The molecule has 9 heteroatoms. The quantitative estimate of drug-likeness (QED) is 0.275. The predicted octanol–water partition coefficient (Wildman–Crippen LogP) is 5.83. The van der Waals surface area contributed by atoms with Gasteiger partial charge in [0.1, 0.15) is 6.10 Å². The molecule has 0 bridgehead atoms. The molecule has 0 spiro atoms. The van der Waals surface area contributed by atoms with E-state index in [0.717, 1.165) is 53.3 Å². The molecule has 1 aliphatic rings. The third-order valence-electron chi connectivity index (χ3n) is 5.23. The number of unbranched alkanes of at least 4 members (excludes halogenated alkanes) is 2. The lowest BCUT2D eigenvalue weighted by Gasteiger charge is -2.20. The number of anilines is 1. The zero-order valence-corrected chi connectivity index (χ0v) is 20.2. The van der Waals surface area contributed by atoms with Crippen molar-refractivity contribution in [3.63, 3.8) is 0 Å². The summed E-state index contributed by atoms with van der Waals surface area (Å²) >= 11 is 6.10. The van der Waals surface area contributed by atoms with E-state index in [0.29, 0.717) is 17.9 Å². The average molecular weight is 484 g/mol. The van der Waals surface area contributed by atoms with E-state index >= 15 is 0 Å². The number of halogens is 1. The molecule has 2 aromatic carbocycles. The summed E-state index contributed by atoms with van der Waals surface area (Å²) in [6, 6.07) is 11.6. The van der Waals surface area contributed by atoms with E-state index in [4.69, 9.17) is 21.5 Å². The Labute approximate surface area is 204 Å². The molecule has 8 nitrogen and oxygen atoms in total. The number of carboxylic acids is 1. The van der Waals surface area contributed by atoms with E-state index in [-0.39, 0.29) is 12.5 Å². The maximum absolute atomic E-state index is 10.6. The Balaban J connectivity index is 1.65. The Bertz CT molecular complexity index is 1080. The standard InChI is InChI=1S/C25H30ClN5O3/c1-3-27-24-14-19(26)10-11-21(24)29-16-20-15-23(30-31-34-20)18-9-8-17(2)22(13-18)28-12-6-4-5-7-25(32)33/h8-14,16,20,27,31H,3-7,15H2,1-2H3,(H,32,33)/b28-12+,29-16+. The third kappa shape index (κ3) is 7.67. The summed E-state index contributed by atoms with van der Waals surface area (Å²) in [5.41, 5.74) is 8.04. The van der Waals surface area contributed by atoms with Crippen LogP contribution < -0.4 is 10.9 Å². The molecule has 34 heavy (non-hydrogen) atoms. The monoisotopic (exact) mass is 483 g/mol. The van der Waals surface area contributed by atoms with Gasteiger partial charge >= 0.3 is 5.97 Å². The van der Waals surface area contributed by atoms with Crippen LogP contribution in [0.2, 0.25) is 5.02 Å². The van der Waals surface area contributed by atoms with Crippen LogP contribution in [0.3, 0.4) is 0 Å². The molecule has 1 unspecified atom stereocenters. The first-order chi connectivity index (χ1) is 16.5. The first kappa shape index (κ1) is 25.4. The fraction of sp³-hybridized carbons (Fsp3) is 0.360. The minimum atomic E-state index is -0.763. The van der Waals surface area contributed by atoms with Gasteiger partial charge in [-0.1, -0.05) is 23.7 Å². The summed E-state index contributed by atoms with van der Waals surface area (Å²) in [6.07, 6.45) is 6.26. The largest absolute Gasteiger partial charge is 0.481 e. The third-order valence-corrected chi connectivity index (χ3v) is 5.47. The highest BCUT2D eigenvalue weighted by atomic mass is 35.5. The number of hydrazone groups is 1. The van der Waals surface area contributed by atoms with Crippen molar-refractivity contribution in [3.05, 3.63) is 52.5 Å². The lowest BCUT2D eigenvalue weighted by atomic mass is 10.0. The van der Waals surface area contributed by atoms with Crippen LogP contribution in [-0.4, -0.2) is 41.9 Å². The summed E-state index contributed by atoms with van der Waals surface area (Å²) in [7, 11) is 0. The fourth-order valence-electron chi connectivity index (χ4n) is 3.41. The molecule has 2 aromatic rings. The van der Waals surface area contributed by atoms with Crippen LogP contribution in [0.25, 0.3) is 0 Å². The molecule has 0 amide bonds. The zero-order valence-electron chi connectivity index (χ0n) is 19.4. The number of carbonyl (C=O) groups is 1.